The number of nitrogens with zero attached hydrogens (tertiary/aromatic N) is 3. The summed E-state index contributed by atoms with van der Waals surface area (Å²) >= 11 is 4.88. The highest BCUT2D eigenvalue weighted by Gasteiger charge is 2.17. The van der Waals surface area contributed by atoms with Crippen molar-refractivity contribution in [2.45, 2.75) is 0 Å². The summed E-state index contributed by atoms with van der Waals surface area (Å²) in [5, 5.41) is 4.99. The van der Waals surface area contributed by atoms with Crippen LogP contribution in [0.2, 0.25) is 0 Å². The zero-order valence-corrected chi connectivity index (χ0v) is 23.1. The van der Waals surface area contributed by atoms with Crippen LogP contribution in [0, 0.1) is 0 Å². The highest BCUT2D eigenvalue weighted by Crippen LogP contribution is 2.40. The first kappa shape index (κ1) is 22.6. The van der Waals surface area contributed by atoms with Gasteiger partial charge in [-0.25, -0.2) is 0 Å². The molecule has 0 amide bonds. The van der Waals surface area contributed by atoms with E-state index in [9.17, 15) is 0 Å². The molecule has 2 aromatic heterocycles. The Hall–Kier alpha value is -4.32. The van der Waals surface area contributed by atoms with Crippen LogP contribution in [-0.2, 0) is 0 Å². The predicted octanol–water partition coefficient (Wildman–Crippen LogP) is 10.0. The molecule has 0 radical (unpaired) electrons. The van der Waals surface area contributed by atoms with Crippen molar-refractivity contribution in [1.29, 1.82) is 0 Å². The third-order valence-electron chi connectivity index (χ3n) is 7.56. The Kier molecular flexibility index (Phi) is 5.15. The molecule has 0 fully saturated rings. The number of benzene rings is 6. The Morgan fingerprint density at radius 2 is 1.28 bits per heavy atom. The molecule has 2 heterocycles. The average molecular weight is 583 g/mol. The molecule has 0 saturated heterocycles. The van der Waals surface area contributed by atoms with Crippen LogP contribution in [0.4, 0.5) is 0 Å². The van der Waals surface area contributed by atoms with Gasteiger partial charge < -0.3 is 4.57 Å². The first-order valence-corrected chi connectivity index (χ1v) is 14.3. The van der Waals surface area contributed by atoms with E-state index >= 15 is 0 Å². The summed E-state index contributed by atoms with van der Waals surface area (Å²) < 4.78 is 12.5. The van der Waals surface area contributed by atoms with Crippen molar-refractivity contribution < 1.29 is 0 Å². The lowest BCUT2D eigenvalue weighted by molar-refractivity contribution is 1.18. The van der Waals surface area contributed by atoms with Gasteiger partial charge in [-0.05, 0) is 79.8 Å². The summed E-state index contributed by atoms with van der Waals surface area (Å²) in [6.45, 7) is 0. The molecule has 39 heavy (non-hydrogen) atoms. The Labute approximate surface area is 237 Å². The third kappa shape index (κ3) is 3.54. The number of halogens is 1. The van der Waals surface area contributed by atoms with E-state index in [0.29, 0.717) is 0 Å². The minimum Gasteiger partial charge on any atom is -0.309 e. The standard InChI is InChI=1S/C34H20BrN3S/c35-29-17-16-27(33-34(29)37-39-36-33)24-13-18-30-28(20-24)32-26-9-5-4-8-23(26)12-19-31(32)38(30)25-14-10-22(11-15-25)21-6-2-1-3-7-21/h1-20H. The van der Waals surface area contributed by atoms with Gasteiger partial charge in [0.1, 0.15) is 11.0 Å². The van der Waals surface area contributed by atoms with Crippen molar-refractivity contribution >= 4 is 71.3 Å². The van der Waals surface area contributed by atoms with Gasteiger partial charge in [-0.3, -0.25) is 0 Å². The van der Waals surface area contributed by atoms with Gasteiger partial charge in [0.2, 0.25) is 0 Å². The molecule has 0 unspecified atom stereocenters. The Morgan fingerprint density at radius 1 is 0.564 bits per heavy atom. The van der Waals surface area contributed by atoms with Crippen LogP contribution in [0.25, 0.3) is 71.6 Å². The lowest BCUT2D eigenvalue weighted by atomic mass is 9.99. The summed E-state index contributed by atoms with van der Waals surface area (Å²) in [5.41, 5.74) is 10.0. The number of fused-ring (bicyclic) bond motifs is 6. The van der Waals surface area contributed by atoms with Crippen LogP contribution in [0.3, 0.4) is 0 Å². The molecule has 6 aromatic carbocycles. The van der Waals surface area contributed by atoms with Gasteiger partial charge in [-0.1, -0.05) is 84.9 Å². The Bertz CT molecular complexity index is 2180. The monoisotopic (exact) mass is 581 g/mol. The van der Waals surface area contributed by atoms with Crippen LogP contribution >= 0.6 is 27.7 Å². The van der Waals surface area contributed by atoms with E-state index in [1.165, 1.54) is 55.4 Å². The molecule has 3 nitrogen and oxygen atoms in total. The summed E-state index contributed by atoms with van der Waals surface area (Å²) in [4.78, 5) is 0. The molecule has 0 aliphatic heterocycles. The fourth-order valence-electron chi connectivity index (χ4n) is 5.74. The minimum atomic E-state index is 0.906. The lowest BCUT2D eigenvalue weighted by Gasteiger charge is -2.10. The second-order valence-corrected chi connectivity index (χ2v) is 11.1. The molecular weight excluding hydrogens is 562 g/mol. The molecule has 0 atom stereocenters. The normalized spacial score (nSPS) is 11.7. The van der Waals surface area contributed by atoms with Crippen LogP contribution < -0.4 is 0 Å². The smallest absolute Gasteiger partial charge is 0.119 e. The molecular formula is C34H20BrN3S. The van der Waals surface area contributed by atoms with Crippen LogP contribution in [-0.4, -0.2) is 13.3 Å². The summed E-state index contributed by atoms with van der Waals surface area (Å²) in [6, 6.07) is 43.5. The van der Waals surface area contributed by atoms with Crippen molar-refractivity contribution in [2.75, 3.05) is 0 Å². The van der Waals surface area contributed by atoms with E-state index in [2.05, 4.69) is 151 Å². The molecule has 0 N–H and O–H groups in total. The molecule has 5 heteroatoms. The van der Waals surface area contributed by atoms with Crippen molar-refractivity contribution in [1.82, 2.24) is 13.3 Å². The molecule has 8 aromatic rings. The zero-order valence-electron chi connectivity index (χ0n) is 20.7. The van der Waals surface area contributed by atoms with Crippen molar-refractivity contribution in [2.24, 2.45) is 0 Å². The van der Waals surface area contributed by atoms with Crippen molar-refractivity contribution in [3.05, 3.63) is 126 Å². The fraction of sp³-hybridized carbons (Fsp3) is 0. The zero-order chi connectivity index (χ0) is 25.9. The number of aromatic nitrogens is 3. The quantitative estimate of drug-likeness (QED) is 0.208. The Morgan fingerprint density at radius 3 is 2.15 bits per heavy atom. The van der Waals surface area contributed by atoms with E-state index in [4.69, 9.17) is 0 Å². The maximum atomic E-state index is 4.63. The van der Waals surface area contributed by atoms with E-state index in [0.717, 1.165) is 32.3 Å². The van der Waals surface area contributed by atoms with Gasteiger partial charge in [-0.15, -0.1) is 0 Å². The molecule has 8 rings (SSSR count). The van der Waals surface area contributed by atoms with E-state index in [-0.39, 0.29) is 0 Å². The lowest BCUT2D eigenvalue weighted by Crippen LogP contribution is -1.94. The summed E-state index contributed by atoms with van der Waals surface area (Å²) in [6.07, 6.45) is 0. The van der Waals surface area contributed by atoms with Crippen LogP contribution in [0.5, 0.6) is 0 Å². The second-order valence-electron chi connectivity index (χ2n) is 9.72. The van der Waals surface area contributed by atoms with E-state index in [1.54, 1.807) is 0 Å². The average Bonchev–Trinajstić information content (AvgIpc) is 3.62. The topological polar surface area (TPSA) is 30.7 Å². The maximum absolute atomic E-state index is 4.63. The molecule has 0 saturated carbocycles. The van der Waals surface area contributed by atoms with Gasteiger partial charge in [0.05, 0.1) is 22.8 Å². The first-order chi connectivity index (χ1) is 19.3. The highest BCUT2D eigenvalue weighted by molar-refractivity contribution is 9.10. The van der Waals surface area contributed by atoms with Crippen molar-refractivity contribution in [3.63, 3.8) is 0 Å². The first-order valence-electron chi connectivity index (χ1n) is 12.8. The maximum Gasteiger partial charge on any atom is 0.119 e. The molecule has 0 aliphatic rings. The van der Waals surface area contributed by atoms with Gasteiger partial charge in [0.25, 0.3) is 0 Å². The predicted molar refractivity (Wildman–Crippen MR) is 168 cm³/mol. The van der Waals surface area contributed by atoms with E-state index in [1.807, 2.05) is 0 Å². The highest BCUT2D eigenvalue weighted by atomic mass is 79.9. The van der Waals surface area contributed by atoms with Gasteiger partial charge >= 0.3 is 0 Å². The SMILES string of the molecule is Brc1ccc(-c2ccc3c(c2)c2c4ccccc4ccc2n3-c2ccc(-c3ccccc3)cc2)c2nsnc12. The Balaban J connectivity index is 1.41. The van der Waals surface area contributed by atoms with E-state index < -0.39 is 0 Å². The second kappa shape index (κ2) is 8.87. The molecule has 0 aliphatic carbocycles. The summed E-state index contributed by atoms with van der Waals surface area (Å²) in [5.74, 6) is 0. The largest absolute Gasteiger partial charge is 0.309 e. The fourth-order valence-corrected chi connectivity index (χ4v) is 6.84. The van der Waals surface area contributed by atoms with Crippen LogP contribution in [0.1, 0.15) is 0 Å². The number of hydrogen-bond acceptors (Lipinski definition) is 3. The summed E-state index contributed by atoms with van der Waals surface area (Å²) in [7, 11) is 0. The van der Waals surface area contributed by atoms with Crippen LogP contribution in [0.15, 0.2) is 126 Å². The number of hydrogen-bond donors (Lipinski definition) is 0. The molecule has 0 spiro atoms. The third-order valence-corrected chi connectivity index (χ3v) is 8.73. The minimum absolute atomic E-state index is 0.906. The van der Waals surface area contributed by atoms with Crippen molar-refractivity contribution in [3.8, 4) is 27.9 Å². The molecule has 0 bridgehead atoms. The molecule has 184 valence electrons. The number of rotatable bonds is 3. The van der Waals surface area contributed by atoms with Gasteiger partial charge in [0.15, 0.2) is 0 Å². The van der Waals surface area contributed by atoms with Gasteiger partial charge in [0, 0.05) is 26.5 Å². The van der Waals surface area contributed by atoms with Gasteiger partial charge in [-0.2, -0.15) is 8.75 Å².